The summed E-state index contributed by atoms with van der Waals surface area (Å²) in [6.45, 7) is -0.597. The fraction of sp³-hybridized carbons (Fsp3) is 0.364. The van der Waals surface area contributed by atoms with Crippen LogP contribution in [0.25, 0.3) is 0 Å². The minimum atomic E-state index is -4.45. The zero-order valence-corrected chi connectivity index (χ0v) is 10.9. The Bertz CT molecular complexity index is 634. The maximum Gasteiger partial charge on any atom is 0.324 e. The number of nitrogens with zero attached hydrogens (tertiary/aromatic N) is 1. The molecule has 1 aliphatic heterocycles. The summed E-state index contributed by atoms with van der Waals surface area (Å²) in [5.41, 5.74) is 0. The Morgan fingerprint density at radius 1 is 1.40 bits per heavy atom. The molecule has 2 rings (SSSR count). The normalized spacial score (nSPS) is 20.8. The van der Waals surface area contributed by atoms with Gasteiger partial charge in [0.05, 0.1) is 13.2 Å². The van der Waals surface area contributed by atoms with Crippen molar-refractivity contribution < 1.29 is 31.8 Å². The molecule has 1 aromatic rings. The molecule has 9 heteroatoms. The van der Waals surface area contributed by atoms with Gasteiger partial charge in [-0.05, 0) is 18.2 Å². The number of benzene rings is 1. The molecule has 0 amide bonds. The van der Waals surface area contributed by atoms with E-state index >= 15 is 0 Å². The zero-order valence-electron chi connectivity index (χ0n) is 10.1. The largest absolute Gasteiger partial charge is 0.480 e. The summed E-state index contributed by atoms with van der Waals surface area (Å²) < 4.78 is 56.8. The molecule has 1 atom stereocenters. The fourth-order valence-corrected chi connectivity index (χ4v) is 3.50. The molecular formula is C11H11F2NO5S. The van der Waals surface area contributed by atoms with Gasteiger partial charge in [-0.25, -0.2) is 17.2 Å². The third-order valence-electron chi connectivity index (χ3n) is 2.84. The zero-order chi connectivity index (χ0) is 14.9. The lowest BCUT2D eigenvalue weighted by Gasteiger charge is -2.31. The van der Waals surface area contributed by atoms with Crippen LogP contribution < -0.4 is 0 Å². The summed E-state index contributed by atoms with van der Waals surface area (Å²) in [5.74, 6) is -3.47. The van der Waals surface area contributed by atoms with E-state index in [-0.39, 0.29) is 19.8 Å². The van der Waals surface area contributed by atoms with Crippen molar-refractivity contribution in [1.29, 1.82) is 0 Å². The average molecular weight is 307 g/mol. The Kier molecular flexibility index (Phi) is 4.02. The van der Waals surface area contributed by atoms with E-state index in [0.29, 0.717) is 16.4 Å². The van der Waals surface area contributed by atoms with E-state index in [1.165, 1.54) is 0 Å². The molecule has 0 saturated carbocycles. The van der Waals surface area contributed by atoms with Crippen LogP contribution in [0, 0.1) is 11.6 Å². The van der Waals surface area contributed by atoms with Crippen molar-refractivity contribution in [2.75, 3.05) is 19.8 Å². The molecule has 0 aromatic heterocycles. The van der Waals surface area contributed by atoms with Gasteiger partial charge in [0.1, 0.15) is 22.6 Å². The van der Waals surface area contributed by atoms with Crippen LogP contribution in [0.5, 0.6) is 0 Å². The molecule has 0 aliphatic carbocycles. The van der Waals surface area contributed by atoms with E-state index in [4.69, 9.17) is 9.84 Å². The standard InChI is InChI=1S/C11H11F2NO5S/c12-7-1-2-8(13)10(5-7)20(17,18)14-3-4-19-6-9(14)11(15)16/h1-2,5,9H,3-4,6H2,(H,15,16). The number of rotatable bonds is 3. The summed E-state index contributed by atoms with van der Waals surface area (Å²) in [6.07, 6.45) is 0. The molecule has 0 bridgehead atoms. The number of hydrogen-bond acceptors (Lipinski definition) is 4. The van der Waals surface area contributed by atoms with Crippen LogP contribution in [0.4, 0.5) is 8.78 Å². The highest BCUT2D eigenvalue weighted by Crippen LogP contribution is 2.23. The maximum absolute atomic E-state index is 13.6. The SMILES string of the molecule is O=C(O)C1COCCN1S(=O)(=O)c1cc(F)ccc1F. The lowest BCUT2D eigenvalue weighted by molar-refractivity contribution is -0.146. The van der Waals surface area contributed by atoms with Gasteiger partial charge >= 0.3 is 5.97 Å². The number of ether oxygens (including phenoxy) is 1. The lowest BCUT2D eigenvalue weighted by Crippen LogP contribution is -2.52. The molecular weight excluding hydrogens is 296 g/mol. The van der Waals surface area contributed by atoms with E-state index in [1.807, 2.05) is 0 Å². The van der Waals surface area contributed by atoms with E-state index in [9.17, 15) is 22.0 Å². The maximum atomic E-state index is 13.6. The molecule has 0 spiro atoms. The van der Waals surface area contributed by atoms with Crippen molar-refractivity contribution in [2.45, 2.75) is 10.9 Å². The van der Waals surface area contributed by atoms with Gasteiger partial charge in [-0.2, -0.15) is 4.31 Å². The van der Waals surface area contributed by atoms with Crippen LogP contribution in [0.2, 0.25) is 0 Å². The van der Waals surface area contributed by atoms with Crippen LogP contribution >= 0.6 is 0 Å². The highest BCUT2D eigenvalue weighted by molar-refractivity contribution is 7.89. The van der Waals surface area contributed by atoms with Gasteiger partial charge < -0.3 is 9.84 Å². The summed E-state index contributed by atoms with van der Waals surface area (Å²) in [6, 6.07) is 0.524. The van der Waals surface area contributed by atoms with E-state index in [1.54, 1.807) is 0 Å². The predicted molar refractivity (Wildman–Crippen MR) is 62.5 cm³/mol. The number of morpholine rings is 1. The van der Waals surface area contributed by atoms with Crippen LogP contribution in [-0.4, -0.2) is 49.6 Å². The number of hydrogen-bond donors (Lipinski definition) is 1. The number of carboxylic acids is 1. The van der Waals surface area contributed by atoms with Crippen LogP contribution in [0.15, 0.2) is 23.1 Å². The lowest BCUT2D eigenvalue weighted by atomic mass is 10.3. The van der Waals surface area contributed by atoms with Crippen molar-refractivity contribution in [3.63, 3.8) is 0 Å². The third-order valence-corrected chi connectivity index (χ3v) is 4.77. The smallest absolute Gasteiger partial charge is 0.324 e. The van der Waals surface area contributed by atoms with Crippen LogP contribution in [-0.2, 0) is 19.6 Å². The van der Waals surface area contributed by atoms with Gasteiger partial charge in [0, 0.05) is 6.54 Å². The first kappa shape index (κ1) is 14.8. The van der Waals surface area contributed by atoms with Gasteiger partial charge in [-0.1, -0.05) is 0 Å². The second-order valence-corrected chi connectivity index (χ2v) is 5.98. The molecule has 1 unspecified atom stereocenters. The Labute approximate surface area is 113 Å². The quantitative estimate of drug-likeness (QED) is 0.876. The second kappa shape index (κ2) is 5.43. The first-order valence-corrected chi connectivity index (χ1v) is 7.05. The third kappa shape index (κ3) is 2.65. The van der Waals surface area contributed by atoms with Crippen LogP contribution in [0.3, 0.4) is 0 Å². The number of carbonyl (C=O) groups is 1. The van der Waals surface area contributed by atoms with Crippen molar-refractivity contribution in [1.82, 2.24) is 4.31 Å². The Balaban J connectivity index is 2.47. The van der Waals surface area contributed by atoms with Crippen molar-refractivity contribution in [3.8, 4) is 0 Å². The molecule has 20 heavy (non-hydrogen) atoms. The van der Waals surface area contributed by atoms with E-state index in [0.717, 1.165) is 6.07 Å². The minimum absolute atomic E-state index is 0.0139. The van der Waals surface area contributed by atoms with Gasteiger partial charge in [0.25, 0.3) is 0 Å². The molecule has 1 fully saturated rings. The predicted octanol–water partition coefficient (Wildman–Crippen LogP) is 0.439. The molecule has 1 aliphatic rings. The molecule has 1 heterocycles. The number of halogens is 2. The fourth-order valence-electron chi connectivity index (χ4n) is 1.87. The van der Waals surface area contributed by atoms with Crippen LogP contribution in [0.1, 0.15) is 0 Å². The van der Waals surface area contributed by atoms with Gasteiger partial charge in [0.2, 0.25) is 10.0 Å². The van der Waals surface area contributed by atoms with Crippen molar-refractivity contribution >= 4 is 16.0 Å². The summed E-state index contributed by atoms with van der Waals surface area (Å²) in [4.78, 5) is 10.2. The molecule has 6 nitrogen and oxygen atoms in total. The average Bonchev–Trinajstić information content (AvgIpc) is 2.41. The van der Waals surface area contributed by atoms with Crippen molar-refractivity contribution in [2.24, 2.45) is 0 Å². The number of carboxylic acid groups (broad SMARTS) is 1. The molecule has 1 N–H and O–H groups in total. The first-order valence-electron chi connectivity index (χ1n) is 5.61. The molecule has 0 radical (unpaired) electrons. The number of sulfonamides is 1. The minimum Gasteiger partial charge on any atom is -0.480 e. The molecule has 1 aromatic carbocycles. The Morgan fingerprint density at radius 2 is 2.10 bits per heavy atom. The number of aliphatic carboxylic acids is 1. The topological polar surface area (TPSA) is 83.9 Å². The van der Waals surface area contributed by atoms with E-state index in [2.05, 4.69) is 0 Å². The monoisotopic (exact) mass is 307 g/mol. The van der Waals surface area contributed by atoms with Gasteiger partial charge in [-0.15, -0.1) is 0 Å². The summed E-state index contributed by atoms with van der Waals surface area (Å²) in [5, 5.41) is 8.99. The second-order valence-electron chi connectivity index (χ2n) is 4.12. The van der Waals surface area contributed by atoms with Gasteiger partial charge in [0.15, 0.2) is 0 Å². The Hall–Kier alpha value is -1.58. The molecule has 1 saturated heterocycles. The molecule has 110 valence electrons. The van der Waals surface area contributed by atoms with Gasteiger partial charge in [-0.3, -0.25) is 4.79 Å². The van der Waals surface area contributed by atoms with Crippen molar-refractivity contribution in [3.05, 3.63) is 29.8 Å². The van der Waals surface area contributed by atoms with E-state index < -0.39 is 38.6 Å². The highest BCUT2D eigenvalue weighted by Gasteiger charge is 2.39. The highest BCUT2D eigenvalue weighted by atomic mass is 32.2. The summed E-state index contributed by atoms with van der Waals surface area (Å²) >= 11 is 0. The summed E-state index contributed by atoms with van der Waals surface area (Å²) in [7, 11) is -4.45. The Morgan fingerprint density at radius 3 is 2.75 bits per heavy atom. The first-order chi connectivity index (χ1) is 9.34.